The number of aryl methyl sites for hydroxylation is 1. The van der Waals surface area contributed by atoms with E-state index in [2.05, 4.69) is 29.2 Å². The van der Waals surface area contributed by atoms with E-state index in [1.165, 1.54) is 18.4 Å². The van der Waals surface area contributed by atoms with Gasteiger partial charge >= 0.3 is 0 Å². The molecule has 36 heavy (non-hydrogen) atoms. The fourth-order valence-corrected chi connectivity index (χ4v) is 5.56. The van der Waals surface area contributed by atoms with Crippen LogP contribution in [0.2, 0.25) is 0 Å². The van der Waals surface area contributed by atoms with Gasteiger partial charge in [0.2, 0.25) is 0 Å². The smallest absolute Gasteiger partial charge is 0.273 e. The summed E-state index contributed by atoms with van der Waals surface area (Å²) in [5.41, 5.74) is 3.64. The number of pyridine rings is 2. The summed E-state index contributed by atoms with van der Waals surface area (Å²) in [6, 6.07) is 5.61. The highest BCUT2D eigenvalue weighted by atomic mass is 32.2. The van der Waals surface area contributed by atoms with E-state index in [1.54, 1.807) is 21.5 Å². The van der Waals surface area contributed by atoms with Gasteiger partial charge in [0.15, 0.2) is 5.03 Å². The summed E-state index contributed by atoms with van der Waals surface area (Å²) in [5.74, 6) is 0.675. The molecule has 1 aliphatic carbocycles. The molecule has 0 radical (unpaired) electrons. The van der Waals surface area contributed by atoms with Gasteiger partial charge in [-0.1, -0.05) is 19.9 Å². The minimum atomic E-state index is -3.53. The zero-order chi connectivity index (χ0) is 26.0. The summed E-state index contributed by atoms with van der Waals surface area (Å²) >= 11 is 0. The van der Waals surface area contributed by atoms with Gasteiger partial charge in [0, 0.05) is 63.4 Å². The Morgan fingerprint density at radius 1 is 1.08 bits per heavy atom. The fourth-order valence-electron chi connectivity index (χ4n) is 4.76. The lowest BCUT2D eigenvalue weighted by molar-refractivity contribution is 0.410. The van der Waals surface area contributed by atoms with Crippen molar-refractivity contribution in [3.63, 3.8) is 0 Å². The maximum atomic E-state index is 13.2. The minimum Gasteiger partial charge on any atom is -0.378 e. The molecule has 1 N–H and O–H groups in total. The molecule has 9 nitrogen and oxygen atoms in total. The second-order valence-corrected chi connectivity index (χ2v) is 12.4. The molecule has 0 saturated heterocycles. The van der Waals surface area contributed by atoms with Crippen LogP contribution in [0.25, 0.3) is 11.1 Å². The predicted molar refractivity (Wildman–Crippen MR) is 141 cm³/mol. The van der Waals surface area contributed by atoms with E-state index in [-0.39, 0.29) is 16.6 Å². The zero-order valence-corrected chi connectivity index (χ0v) is 22.5. The molecule has 194 valence electrons. The number of hydrogen-bond donors (Lipinski definition) is 1. The molecule has 0 bridgehead atoms. The molecule has 4 rings (SSSR count). The molecule has 1 aliphatic rings. The van der Waals surface area contributed by atoms with Gasteiger partial charge in [-0.25, -0.2) is 17.7 Å². The normalized spacial score (nSPS) is 18.6. The first kappa shape index (κ1) is 26.1. The number of sulfonamides is 1. The van der Waals surface area contributed by atoms with Gasteiger partial charge in [-0.05, 0) is 55.2 Å². The van der Waals surface area contributed by atoms with Crippen LogP contribution in [0, 0.1) is 5.92 Å². The Hall–Kier alpha value is -2.98. The van der Waals surface area contributed by atoms with Crippen LogP contribution in [0.1, 0.15) is 51.0 Å². The van der Waals surface area contributed by atoms with Crippen LogP contribution in [0.4, 0.5) is 5.69 Å². The Balaban J connectivity index is 1.47. The highest BCUT2D eigenvalue weighted by Gasteiger charge is 2.25. The van der Waals surface area contributed by atoms with Crippen molar-refractivity contribution in [2.75, 3.05) is 19.4 Å². The molecule has 3 heterocycles. The molecule has 0 unspecified atom stereocenters. The maximum Gasteiger partial charge on any atom is 0.273 e. The van der Waals surface area contributed by atoms with Gasteiger partial charge in [-0.3, -0.25) is 9.48 Å². The first-order valence-corrected chi connectivity index (χ1v) is 13.9. The summed E-state index contributed by atoms with van der Waals surface area (Å²) < 4.78 is 29.3. The summed E-state index contributed by atoms with van der Waals surface area (Å²) in [6.45, 7) is 4.87. The lowest BCUT2D eigenvalue weighted by atomic mass is 9.82. The molecule has 10 heteroatoms. The van der Waals surface area contributed by atoms with Gasteiger partial charge < -0.3 is 9.88 Å². The van der Waals surface area contributed by atoms with Crippen molar-refractivity contribution in [2.45, 2.75) is 63.1 Å². The van der Waals surface area contributed by atoms with Crippen LogP contribution >= 0.6 is 0 Å². The van der Waals surface area contributed by atoms with E-state index in [1.807, 2.05) is 37.8 Å². The fraction of sp³-hybridized carbons (Fsp3) is 0.500. The first-order chi connectivity index (χ1) is 17.0. The van der Waals surface area contributed by atoms with E-state index in [9.17, 15) is 13.2 Å². The largest absolute Gasteiger partial charge is 0.378 e. The molecule has 0 atom stereocenters. The lowest BCUT2D eigenvalue weighted by Crippen LogP contribution is -2.31. The van der Waals surface area contributed by atoms with E-state index < -0.39 is 10.0 Å². The van der Waals surface area contributed by atoms with Crippen LogP contribution in [-0.2, 0) is 23.6 Å². The molecular formula is C26H36N6O3S. The molecule has 0 aromatic carbocycles. The average Bonchev–Trinajstić information content (AvgIpc) is 3.28. The Bertz CT molecular complexity index is 1350. The number of anilines is 1. The van der Waals surface area contributed by atoms with Crippen molar-refractivity contribution in [1.29, 1.82) is 0 Å². The summed E-state index contributed by atoms with van der Waals surface area (Å²) in [6.07, 6.45) is 11.1. The Labute approximate surface area is 213 Å². The van der Waals surface area contributed by atoms with Gasteiger partial charge in [0.25, 0.3) is 15.6 Å². The van der Waals surface area contributed by atoms with E-state index >= 15 is 0 Å². The monoisotopic (exact) mass is 512 g/mol. The van der Waals surface area contributed by atoms with Crippen LogP contribution in [0.5, 0.6) is 0 Å². The van der Waals surface area contributed by atoms with Crippen molar-refractivity contribution < 1.29 is 8.42 Å². The molecule has 1 saturated carbocycles. The van der Waals surface area contributed by atoms with Gasteiger partial charge in [0.1, 0.15) is 5.69 Å². The number of rotatable bonds is 8. The molecular weight excluding hydrogens is 476 g/mol. The van der Waals surface area contributed by atoms with Crippen molar-refractivity contribution in [3.05, 3.63) is 58.9 Å². The molecule has 0 amide bonds. The average molecular weight is 513 g/mol. The summed E-state index contributed by atoms with van der Waals surface area (Å²) in [5, 5.41) is 7.88. The van der Waals surface area contributed by atoms with Crippen LogP contribution < -0.4 is 10.9 Å². The number of nitrogens with zero attached hydrogens (tertiary/aromatic N) is 5. The van der Waals surface area contributed by atoms with Crippen LogP contribution in [0.15, 0.2) is 52.8 Å². The lowest BCUT2D eigenvalue weighted by Gasteiger charge is -2.30. The highest BCUT2D eigenvalue weighted by Crippen LogP contribution is 2.34. The van der Waals surface area contributed by atoms with Gasteiger partial charge in [-0.15, -0.1) is 0 Å². The SMILES string of the molecule is CC(C)Cn1cc(-c2cnn(C)c2)cc(N[C@H]2CC[C@@H](c3ccc(S(=O)(=O)N(C)C)nc3)CC2)c1=O. The van der Waals surface area contributed by atoms with Crippen LogP contribution in [0.3, 0.4) is 0 Å². The van der Waals surface area contributed by atoms with Crippen molar-refractivity contribution in [2.24, 2.45) is 13.0 Å². The number of aromatic nitrogens is 4. The number of hydrogen-bond acceptors (Lipinski definition) is 6. The van der Waals surface area contributed by atoms with Crippen molar-refractivity contribution >= 4 is 15.7 Å². The van der Waals surface area contributed by atoms with E-state index in [0.29, 0.717) is 24.1 Å². The second-order valence-electron chi connectivity index (χ2n) is 10.3. The Morgan fingerprint density at radius 2 is 1.81 bits per heavy atom. The summed E-state index contributed by atoms with van der Waals surface area (Å²) in [7, 11) is 1.36. The number of nitrogens with one attached hydrogen (secondary N) is 1. The molecule has 3 aromatic heterocycles. The first-order valence-electron chi connectivity index (χ1n) is 12.4. The molecule has 3 aromatic rings. The quantitative estimate of drug-likeness (QED) is 0.494. The highest BCUT2D eigenvalue weighted by molar-refractivity contribution is 7.89. The zero-order valence-electron chi connectivity index (χ0n) is 21.7. The standard InChI is InChI=1S/C26H36N6O3S/c1-18(2)15-32-17-21(22-14-28-31(5)16-22)12-24(26(32)33)29-23-9-6-19(7-10-23)20-8-11-25(27-13-20)36(34,35)30(3)4/h8,11-14,16-19,23,29H,6-7,9-10,15H2,1-5H3/t19-,23+. The summed E-state index contributed by atoms with van der Waals surface area (Å²) in [4.78, 5) is 17.5. The topological polar surface area (TPSA) is 102 Å². The maximum absolute atomic E-state index is 13.2. The molecule has 1 fully saturated rings. The predicted octanol–water partition coefficient (Wildman–Crippen LogP) is 3.69. The second kappa shape index (κ2) is 10.6. The van der Waals surface area contributed by atoms with Gasteiger partial charge in [0.05, 0.1) is 6.20 Å². The van der Waals surface area contributed by atoms with E-state index in [0.717, 1.165) is 42.4 Å². The third kappa shape index (κ3) is 5.70. The molecule has 0 aliphatic heterocycles. The molecule has 0 spiro atoms. The van der Waals surface area contributed by atoms with Gasteiger partial charge in [-0.2, -0.15) is 5.10 Å². The van der Waals surface area contributed by atoms with Crippen LogP contribution in [-0.4, -0.2) is 52.2 Å². The Kier molecular flexibility index (Phi) is 7.65. The van der Waals surface area contributed by atoms with Crippen molar-refractivity contribution in [1.82, 2.24) is 23.6 Å². The Morgan fingerprint density at radius 3 is 2.36 bits per heavy atom. The minimum absolute atomic E-state index is 0.000328. The van der Waals surface area contributed by atoms with Crippen molar-refractivity contribution in [3.8, 4) is 11.1 Å². The third-order valence-corrected chi connectivity index (χ3v) is 8.48. The van der Waals surface area contributed by atoms with E-state index in [4.69, 9.17) is 0 Å². The third-order valence-electron chi connectivity index (χ3n) is 6.75.